The number of hydrogen-bond donors (Lipinski definition) is 2. The number of carboxylic acid groups (broad SMARTS) is 1. The van der Waals surface area contributed by atoms with E-state index in [0.29, 0.717) is 29.2 Å². The van der Waals surface area contributed by atoms with Crippen molar-refractivity contribution in [3.05, 3.63) is 28.8 Å². The fourth-order valence-electron chi connectivity index (χ4n) is 1.45. The van der Waals surface area contributed by atoms with Gasteiger partial charge in [-0.1, -0.05) is 37.2 Å². The first kappa shape index (κ1) is 14.7. The molecule has 6 heteroatoms. The highest BCUT2D eigenvalue weighted by atomic mass is 35.5. The van der Waals surface area contributed by atoms with Gasteiger partial charge in [0.25, 0.3) is 0 Å². The zero-order valence-corrected chi connectivity index (χ0v) is 11.4. The van der Waals surface area contributed by atoms with Crippen LogP contribution in [0.2, 0.25) is 5.02 Å². The van der Waals surface area contributed by atoms with Crippen LogP contribution < -0.4 is 10.5 Å². The van der Waals surface area contributed by atoms with E-state index in [1.165, 1.54) is 6.07 Å². The monoisotopic (exact) mass is 287 g/mol. The van der Waals surface area contributed by atoms with Gasteiger partial charge in [-0.2, -0.15) is 0 Å². The Hall–Kier alpha value is -1.33. The van der Waals surface area contributed by atoms with Gasteiger partial charge in [0.15, 0.2) is 6.10 Å². The van der Waals surface area contributed by atoms with E-state index in [9.17, 15) is 4.79 Å². The normalized spacial score (nSPS) is 11.9. The lowest BCUT2D eigenvalue weighted by atomic mass is 10.1. The van der Waals surface area contributed by atoms with Gasteiger partial charge in [0.05, 0.1) is 5.56 Å². The summed E-state index contributed by atoms with van der Waals surface area (Å²) in [6.45, 7) is 1.88. The minimum atomic E-state index is -1.02. The van der Waals surface area contributed by atoms with Crippen molar-refractivity contribution in [2.24, 2.45) is 5.73 Å². The third kappa shape index (κ3) is 3.85. The van der Waals surface area contributed by atoms with Crippen molar-refractivity contribution in [1.82, 2.24) is 0 Å². The van der Waals surface area contributed by atoms with Crippen LogP contribution in [0.25, 0.3) is 0 Å². The second-order valence-corrected chi connectivity index (χ2v) is 4.61. The first-order valence-corrected chi connectivity index (χ1v) is 6.23. The fourth-order valence-corrected chi connectivity index (χ4v) is 1.78. The molecule has 0 aliphatic rings. The maximum atomic E-state index is 11.0. The summed E-state index contributed by atoms with van der Waals surface area (Å²) in [5.74, 6) is -0.721. The SMILES string of the molecule is CCCC(Oc1cc(Cl)ccc1C(N)=S)C(=O)O. The Labute approximate surface area is 116 Å². The molecule has 1 atom stereocenters. The van der Waals surface area contributed by atoms with Crippen LogP contribution in [0.1, 0.15) is 25.3 Å². The summed E-state index contributed by atoms with van der Waals surface area (Å²) in [5, 5.41) is 9.48. The molecule has 0 saturated heterocycles. The van der Waals surface area contributed by atoms with E-state index in [4.69, 9.17) is 39.4 Å². The summed E-state index contributed by atoms with van der Waals surface area (Å²) in [4.78, 5) is 11.2. The van der Waals surface area contributed by atoms with Crippen molar-refractivity contribution in [3.63, 3.8) is 0 Å². The van der Waals surface area contributed by atoms with E-state index < -0.39 is 12.1 Å². The second kappa shape index (κ2) is 6.56. The average molecular weight is 288 g/mol. The van der Waals surface area contributed by atoms with Gasteiger partial charge in [-0.15, -0.1) is 0 Å². The van der Waals surface area contributed by atoms with Gasteiger partial charge >= 0.3 is 5.97 Å². The Morgan fingerprint density at radius 2 is 2.28 bits per heavy atom. The number of ether oxygens (including phenoxy) is 1. The van der Waals surface area contributed by atoms with E-state index in [1.54, 1.807) is 12.1 Å². The Morgan fingerprint density at radius 1 is 1.61 bits per heavy atom. The molecule has 1 aromatic carbocycles. The Morgan fingerprint density at radius 3 is 2.78 bits per heavy atom. The summed E-state index contributed by atoms with van der Waals surface area (Å²) in [5.41, 5.74) is 6.03. The largest absolute Gasteiger partial charge is 0.479 e. The van der Waals surface area contributed by atoms with Crippen LogP contribution in [0, 0.1) is 0 Å². The molecule has 0 fully saturated rings. The van der Waals surface area contributed by atoms with Crippen LogP contribution in [0.15, 0.2) is 18.2 Å². The predicted octanol–water partition coefficient (Wildman–Crippen LogP) is 2.61. The standard InChI is InChI=1S/C12H14ClNO3S/c1-2-3-9(12(15)16)17-10-6-7(13)4-5-8(10)11(14)18/h4-6,9H,2-3H2,1H3,(H2,14,18)(H,15,16). The molecule has 18 heavy (non-hydrogen) atoms. The molecule has 0 aromatic heterocycles. The number of hydrogen-bond acceptors (Lipinski definition) is 3. The molecule has 0 aliphatic heterocycles. The molecule has 0 aliphatic carbocycles. The molecule has 0 spiro atoms. The lowest BCUT2D eigenvalue weighted by Crippen LogP contribution is -2.27. The lowest BCUT2D eigenvalue weighted by molar-refractivity contribution is -0.145. The molecule has 1 rings (SSSR count). The Bertz CT molecular complexity index is 465. The maximum Gasteiger partial charge on any atom is 0.344 e. The van der Waals surface area contributed by atoms with Gasteiger partial charge in [-0.05, 0) is 24.6 Å². The first-order valence-electron chi connectivity index (χ1n) is 5.44. The third-order valence-corrected chi connectivity index (χ3v) is 2.76. The van der Waals surface area contributed by atoms with Crippen molar-refractivity contribution in [2.45, 2.75) is 25.9 Å². The molecule has 4 nitrogen and oxygen atoms in total. The van der Waals surface area contributed by atoms with Gasteiger partial charge in [0, 0.05) is 5.02 Å². The molecule has 1 unspecified atom stereocenters. The number of carbonyl (C=O) groups is 1. The lowest BCUT2D eigenvalue weighted by Gasteiger charge is -2.17. The van der Waals surface area contributed by atoms with E-state index in [-0.39, 0.29) is 4.99 Å². The number of thiocarbonyl (C=S) groups is 1. The van der Waals surface area contributed by atoms with Gasteiger partial charge in [0.2, 0.25) is 0 Å². The summed E-state index contributed by atoms with van der Waals surface area (Å²) in [7, 11) is 0. The molecule has 1 aromatic rings. The van der Waals surface area contributed by atoms with Crippen molar-refractivity contribution >= 4 is 34.8 Å². The maximum absolute atomic E-state index is 11.0. The summed E-state index contributed by atoms with van der Waals surface area (Å²) < 4.78 is 5.44. The highest BCUT2D eigenvalue weighted by molar-refractivity contribution is 7.80. The number of rotatable bonds is 6. The van der Waals surface area contributed by atoms with Gasteiger partial charge < -0.3 is 15.6 Å². The van der Waals surface area contributed by atoms with Gasteiger partial charge in [-0.3, -0.25) is 0 Å². The number of halogens is 1. The second-order valence-electron chi connectivity index (χ2n) is 3.74. The molecule has 0 radical (unpaired) electrons. The quantitative estimate of drug-likeness (QED) is 0.787. The predicted molar refractivity (Wildman–Crippen MR) is 74.3 cm³/mol. The molecule has 0 heterocycles. The first-order chi connectivity index (χ1) is 8.45. The van der Waals surface area contributed by atoms with Gasteiger partial charge in [-0.25, -0.2) is 4.79 Å². The van der Waals surface area contributed by atoms with Crippen LogP contribution in [-0.2, 0) is 4.79 Å². The number of nitrogens with two attached hydrogens (primary N) is 1. The Balaban J connectivity index is 3.03. The minimum Gasteiger partial charge on any atom is -0.479 e. The van der Waals surface area contributed by atoms with Gasteiger partial charge in [0.1, 0.15) is 10.7 Å². The molecule has 3 N–H and O–H groups in total. The topological polar surface area (TPSA) is 72.5 Å². The minimum absolute atomic E-state index is 0.141. The number of carboxylic acids is 1. The molecule has 98 valence electrons. The van der Waals surface area contributed by atoms with Crippen LogP contribution in [-0.4, -0.2) is 22.2 Å². The van der Waals surface area contributed by atoms with Crippen molar-refractivity contribution in [2.75, 3.05) is 0 Å². The zero-order chi connectivity index (χ0) is 13.7. The third-order valence-electron chi connectivity index (χ3n) is 2.30. The highest BCUT2D eigenvalue weighted by Crippen LogP contribution is 2.25. The highest BCUT2D eigenvalue weighted by Gasteiger charge is 2.20. The molecule has 0 saturated carbocycles. The van der Waals surface area contributed by atoms with E-state index >= 15 is 0 Å². The van der Waals surface area contributed by atoms with E-state index in [1.807, 2.05) is 6.92 Å². The Kier molecular flexibility index (Phi) is 5.37. The van der Waals surface area contributed by atoms with E-state index in [2.05, 4.69) is 0 Å². The molecule has 0 amide bonds. The summed E-state index contributed by atoms with van der Waals surface area (Å²) >= 11 is 10.7. The molecular weight excluding hydrogens is 274 g/mol. The van der Waals surface area contributed by atoms with E-state index in [0.717, 1.165) is 0 Å². The molecular formula is C12H14ClNO3S. The fraction of sp³-hybridized carbons (Fsp3) is 0.333. The zero-order valence-electron chi connectivity index (χ0n) is 9.85. The van der Waals surface area contributed by atoms with Crippen molar-refractivity contribution < 1.29 is 14.6 Å². The average Bonchev–Trinajstić information content (AvgIpc) is 2.28. The van der Waals surface area contributed by atoms with Crippen LogP contribution in [0.5, 0.6) is 5.75 Å². The number of benzene rings is 1. The molecule has 0 bridgehead atoms. The summed E-state index contributed by atoms with van der Waals surface area (Å²) in [6, 6.07) is 4.75. The summed E-state index contributed by atoms with van der Waals surface area (Å²) in [6.07, 6.45) is 0.167. The smallest absolute Gasteiger partial charge is 0.344 e. The van der Waals surface area contributed by atoms with Crippen LogP contribution in [0.4, 0.5) is 0 Å². The van der Waals surface area contributed by atoms with Crippen molar-refractivity contribution in [3.8, 4) is 5.75 Å². The number of aliphatic carboxylic acids is 1. The van der Waals surface area contributed by atoms with Crippen LogP contribution in [0.3, 0.4) is 0 Å². The van der Waals surface area contributed by atoms with Crippen LogP contribution >= 0.6 is 23.8 Å². The van der Waals surface area contributed by atoms with Crippen molar-refractivity contribution in [1.29, 1.82) is 0 Å².